The van der Waals surface area contributed by atoms with Crippen molar-refractivity contribution in [3.8, 4) is 0 Å². The summed E-state index contributed by atoms with van der Waals surface area (Å²) in [5.74, 6) is 0.736. The monoisotopic (exact) mass is 321 g/mol. The minimum Gasteiger partial charge on any atom is -0.384 e. The van der Waals surface area contributed by atoms with Gasteiger partial charge in [-0.25, -0.2) is 4.99 Å². The Labute approximate surface area is 140 Å². The maximum absolute atomic E-state index is 10.6. The molecule has 0 amide bonds. The fourth-order valence-corrected chi connectivity index (χ4v) is 2.14. The van der Waals surface area contributed by atoms with E-state index in [9.17, 15) is 5.11 Å². The molecule has 0 aliphatic heterocycles. The predicted octanol–water partition coefficient (Wildman–Crippen LogP) is 2.27. The molecule has 1 atom stereocenters. The highest BCUT2D eigenvalue weighted by atomic mass is 16.5. The molecule has 0 aliphatic carbocycles. The third kappa shape index (κ3) is 8.00. The number of aliphatic hydroxyl groups is 1. The minimum atomic E-state index is -0.974. The molecule has 0 spiro atoms. The Morgan fingerprint density at radius 1 is 1.17 bits per heavy atom. The third-order valence-corrected chi connectivity index (χ3v) is 3.50. The lowest BCUT2D eigenvalue weighted by Gasteiger charge is -2.22. The second-order valence-electron chi connectivity index (χ2n) is 5.67. The number of hydrogen-bond donors (Lipinski definition) is 3. The second-order valence-corrected chi connectivity index (χ2v) is 5.67. The van der Waals surface area contributed by atoms with Crippen molar-refractivity contribution in [3.05, 3.63) is 35.9 Å². The topological polar surface area (TPSA) is 65.9 Å². The number of aliphatic imine (C=N–C) groups is 1. The SMILES string of the molecule is CCNC(=NCC(C)(O)c1ccccc1)NCCCCOCC. The zero-order chi connectivity index (χ0) is 17.0. The Morgan fingerprint density at radius 2 is 1.91 bits per heavy atom. The van der Waals surface area contributed by atoms with Crippen molar-refractivity contribution in [2.24, 2.45) is 4.99 Å². The average Bonchev–Trinajstić information content (AvgIpc) is 2.56. The number of nitrogens with zero attached hydrogens (tertiary/aromatic N) is 1. The maximum Gasteiger partial charge on any atom is 0.191 e. The van der Waals surface area contributed by atoms with Crippen molar-refractivity contribution in [3.63, 3.8) is 0 Å². The van der Waals surface area contributed by atoms with Crippen molar-refractivity contribution in [2.75, 3.05) is 32.8 Å². The van der Waals surface area contributed by atoms with Crippen LogP contribution in [0, 0.1) is 0 Å². The fraction of sp³-hybridized carbons (Fsp3) is 0.611. The van der Waals surface area contributed by atoms with E-state index in [-0.39, 0.29) is 0 Å². The number of ether oxygens (including phenoxy) is 1. The van der Waals surface area contributed by atoms with E-state index >= 15 is 0 Å². The number of unbranched alkanes of at least 4 members (excludes halogenated alkanes) is 1. The van der Waals surface area contributed by atoms with Gasteiger partial charge in [0.05, 0.1) is 6.54 Å². The molecule has 1 rings (SSSR count). The van der Waals surface area contributed by atoms with Gasteiger partial charge in [0, 0.05) is 26.3 Å². The molecule has 1 aromatic carbocycles. The first-order chi connectivity index (χ1) is 11.1. The first-order valence-electron chi connectivity index (χ1n) is 8.48. The van der Waals surface area contributed by atoms with E-state index < -0.39 is 5.60 Å². The van der Waals surface area contributed by atoms with Gasteiger partial charge in [-0.15, -0.1) is 0 Å². The highest BCUT2D eigenvalue weighted by Gasteiger charge is 2.22. The summed E-state index contributed by atoms with van der Waals surface area (Å²) < 4.78 is 5.32. The lowest BCUT2D eigenvalue weighted by Crippen LogP contribution is -2.39. The standard InChI is InChI=1S/C18H31N3O2/c1-4-19-17(20-13-9-10-14-23-5-2)21-15-18(3,22)16-11-7-6-8-12-16/h6-8,11-12,22H,4-5,9-10,13-15H2,1-3H3,(H2,19,20,21). The van der Waals surface area contributed by atoms with Crippen LogP contribution in [0.5, 0.6) is 0 Å². The molecule has 3 N–H and O–H groups in total. The molecule has 5 nitrogen and oxygen atoms in total. The zero-order valence-corrected chi connectivity index (χ0v) is 14.6. The minimum absolute atomic E-state index is 0.311. The molecule has 0 radical (unpaired) electrons. The first kappa shape index (κ1) is 19.5. The molecular weight excluding hydrogens is 290 g/mol. The van der Waals surface area contributed by atoms with Gasteiger partial charge in [-0.3, -0.25) is 0 Å². The second kappa shape index (κ2) is 11.0. The summed E-state index contributed by atoms with van der Waals surface area (Å²) in [6.45, 7) is 9.34. The van der Waals surface area contributed by atoms with E-state index in [2.05, 4.69) is 15.6 Å². The normalized spacial score (nSPS) is 14.3. The van der Waals surface area contributed by atoms with Gasteiger partial charge in [0.1, 0.15) is 5.60 Å². The van der Waals surface area contributed by atoms with E-state index in [1.54, 1.807) is 6.92 Å². The van der Waals surface area contributed by atoms with Crippen LogP contribution < -0.4 is 10.6 Å². The maximum atomic E-state index is 10.6. The van der Waals surface area contributed by atoms with Gasteiger partial charge < -0.3 is 20.5 Å². The van der Waals surface area contributed by atoms with E-state index in [1.807, 2.05) is 44.2 Å². The molecule has 0 aromatic heterocycles. The van der Waals surface area contributed by atoms with Crippen LogP contribution in [0.15, 0.2) is 35.3 Å². The predicted molar refractivity (Wildman–Crippen MR) is 95.7 cm³/mol. The first-order valence-corrected chi connectivity index (χ1v) is 8.48. The van der Waals surface area contributed by atoms with Crippen molar-refractivity contribution in [1.29, 1.82) is 0 Å². The number of hydrogen-bond acceptors (Lipinski definition) is 3. The average molecular weight is 321 g/mol. The van der Waals surface area contributed by atoms with Gasteiger partial charge in [-0.2, -0.15) is 0 Å². The number of guanidine groups is 1. The quantitative estimate of drug-likeness (QED) is 0.351. The van der Waals surface area contributed by atoms with E-state index in [4.69, 9.17) is 4.74 Å². The Morgan fingerprint density at radius 3 is 2.57 bits per heavy atom. The van der Waals surface area contributed by atoms with Crippen molar-refractivity contribution in [1.82, 2.24) is 10.6 Å². The van der Waals surface area contributed by atoms with Crippen LogP contribution in [0.25, 0.3) is 0 Å². The molecule has 0 saturated heterocycles. The van der Waals surface area contributed by atoms with Crippen LogP contribution in [-0.4, -0.2) is 43.9 Å². The molecule has 130 valence electrons. The van der Waals surface area contributed by atoms with Crippen molar-refractivity contribution in [2.45, 2.75) is 39.2 Å². The molecule has 23 heavy (non-hydrogen) atoms. The van der Waals surface area contributed by atoms with Gasteiger partial charge in [0.25, 0.3) is 0 Å². The molecule has 0 saturated carbocycles. The van der Waals surface area contributed by atoms with Crippen LogP contribution in [-0.2, 0) is 10.3 Å². The Bertz CT molecular complexity index is 447. The van der Waals surface area contributed by atoms with Gasteiger partial charge >= 0.3 is 0 Å². The molecular formula is C18H31N3O2. The molecule has 1 aromatic rings. The Balaban J connectivity index is 2.47. The largest absolute Gasteiger partial charge is 0.384 e. The van der Waals surface area contributed by atoms with E-state index in [1.165, 1.54) is 0 Å². The van der Waals surface area contributed by atoms with Crippen molar-refractivity contribution >= 4 is 5.96 Å². The summed E-state index contributed by atoms with van der Waals surface area (Å²) in [4.78, 5) is 4.51. The third-order valence-electron chi connectivity index (χ3n) is 3.50. The molecule has 0 bridgehead atoms. The lowest BCUT2D eigenvalue weighted by atomic mass is 9.96. The summed E-state index contributed by atoms with van der Waals surface area (Å²) in [6.07, 6.45) is 2.06. The highest BCUT2D eigenvalue weighted by Crippen LogP contribution is 2.20. The fourth-order valence-electron chi connectivity index (χ4n) is 2.14. The van der Waals surface area contributed by atoms with E-state index in [0.29, 0.717) is 6.54 Å². The van der Waals surface area contributed by atoms with Gasteiger partial charge in [-0.05, 0) is 39.2 Å². The van der Waals surface area contributed by atoms with Crippen molar-refractivity contribution < 1.29 is 9.84 Å². The summed E-state index contributed by atoms with van der Waals surface area (Å²) in [5, 5.41) is 17.1. The van der Waals surface area contributed by atoms with Crippen LogP contribution in [0.3, 0.4) is 0 Å². The Kier molecular flexibility index (Phi) is 9.33. The molecule has 0 heterocycles. The van der Waals surface area contributed by atoms with Gasteiger partial charge in [0.15, 0.2) is 5.96 Å². The number of rotatable bonds is 10. The number of nitrogens with one attached hydrogen (secondary N) is 2. The van der Waals surface area contributed by atoms with Crippen LogP contribution in [0.1, 0.15) is 39.2 Å². The summed E-state index contributed by atoms with van der Waals surface area (Å²) >= 11 is 0. The smallest absolute Gasteiger partial charge is 0.191 e. The molecule has 1 unspecified atom stereocenters. The Hall–Kier alpha value is -1.59. The zero-order valence-electron chi connectivity index (χ0n) is 14.6. The van der Waals surface area contributed by atoms with Crippen LogP contribution >= 0.6 is 0 Å². The summed E-state index contributed by atoms with van der Waals surface area (Å²) in [6, 6.07) is 9.63. The lowest BCUT2D eigenvalue weighted by molar-refractivity contribution is 0.0672. The van der Waals surface area contributed by atoms with Gasteiger partial charge in [0.2, 0.25) is 0 Å². The molecule has 5 heteroatoms. The summed E-state index contributed by atoms with van der Waals surface area (Å²) in [5.41, 5.74) is -0.102. The van der Waals surface area contributed by atoms with Gasteiger partial charge in [-0.1, -0.05) is 30.3 Å². The number of benzene rings is 1. The highest BCUT2D eigenvalue weighted by molar-refractivity contribution is 5.79. The molecule has 0 fully saturated rings. The van der Waals surface area contributed by atoms with Crippen LogP contribution in [0.2, 0.25) is 0 Å². The van der Waals surface area contributed by atoms with Crippen LogP contribution in [0.4, 0.5) is 0 Å². The summed E-state index contributed by atoms with van der Waals surface area (Å²) in [7, 11) is 0. The molecule has 0 aliphatic rings. The van der Waals surface area contributed by atoms with E-state index in [0.717, 1.165) is 50.7 Å².